The fourth-order valence-corrected chi connectivity index (χ4v) is 3.99. The van der Waals surface area contributed by atoms with E-state index in [4.69, 9.17) is 18.9 Å². The molecule has 4 aromatic rings. The average molecular weight is 510 g/mol. The summed E-state index contributed by atoms with van der Waals surface area (Å²) in [6.07, 6.45) is 4.00. The Morgan fingerprint density at radius 3 is 2.00 bits per heavy atom. The molecule has 0 atom stereocenters. The van der Waals surface area contributed by atoms with Crippen molar-refractivity contribution in [3.05, 3.63) is 114 Å². The predicted molar refractivity (Wildman–Crippen MR) is 151 cm³/mol. The van der Waals surface area contributed by atoms with Crippen molar-refractivity contribution in [1.82, 2.24) is 0 Å². The van der Waals surface area contributed by atoms with Crippen molar-refractivity contribution in [2.75, 3.05) is 32.8 Å². The van der Waals surface area contributed by atoms with Gasteiger partial charge in [-0.05, 0) is 53.6 Å². The van der Waals surface area contributed by atoms with Gasteiger partial charge in [-0.3, -0.25) is 4.79 Å². The summed E-state index contributed by atoms with van der Waals surface area (Å²) >= 11 is 0. The fourth-order valence-electron chi connectivity index (χ4n) is 3.99. The number of carbonyl (C=O) groups excluding carboxylic acids is 1. The first-order chi connectivity index (χ1) is 18.6. The van der Waals surface area contributed by atoms with Crippen molar-refractivity contribution in [1.29, 1.82) is 0 Å². The van der Waals surface area contributed by atoms with Gasteiger partial charge in [-0.2, -0.15) is 0 Å². The topological polar surface area (TPSA) is 57.2 Å². The van der Waals surface area contributed by atoms with Crippen LogP contribution in [0, 0.1) is 0 Å². The maximum absolute atomic E-state index is 13.5. The Morgan fingerprint density at radius 2 is 1.37 bits per heavy atom. The van der Waals surface area contributed by atoms with Crippen LogP contribution in [0.2, 0.25) is 0 Å². The quantitative estimate of drug-likeness (QED) is 0.216. The second kappa shape index (κ2) is 13.0. The van der Waals surface area contributed by atoms with E-state index >= 15 is 0 Å². The highest BCUT2D eigenvalue weighted by Gasteiger charge is 2.21. The smallest absolute Gasteiger partial charge is 0.265 e. The summed E-state index contributed by atoms with van der Waals surface area (Å²) < 4.78 is 22.3. The second-order valence-electron chi connectivity index (χ2n) is 8.42. The first kappa shape index (κ1) is 26.4. The molecule has 6 heteroatoms. The van der Waals surface area contributed by atoms with Gasteiger partial charge in [-0.15, -0.1) is 0 Å². The van der Waals surface area contributed by atoms with Crippen molar-refractivity contribution >= 4 is 23.7 Å². The molecule has 0 fully saturated rings. The van der Waals surface area contributed by atoms with E-state index in [9.17, 15) is 4.79 Å². The summed E-state index contributed by atoms with van der Waals surface area (Å²) in [7, 11) is 4.87. The Labute approximate surface area is 223 Å². The zero-order valence-corrected chi connectivity index (χ0v) is 21.8. The number of methoxy groups -OCH3 is 3. The van der Waals surface area contributed by atoms with Crippen LogP contribution in [0.15, 0.2) is 97.1 Å². The molecule has 0 unspecified atom stereocenters. The molecule has 0 aliphatic heterocycles. The van der Waals surface area contributed by atoms with Gasteiger partial charge in [0.2, 0.25) is 0 Å². The number of nitrogens with zero attached hydrogens (tertiary/aromatic N) is 1. The molecule has 194 valence electrons. The molecule has 0 saturated heterocycles. The number of amides is 1. The highest BCUT2D eigenvalue weighted by Crippen LogP contribution is 2.33. The Morgan fingerprint density at radius 1 is 0.711 bits per heavy atom. The second-order valence-corrected chi connectivity index (χ2v) is 8.42. The molecule has 0 radical (unpaired) electrons. The fraction of sp³-hybridized carbons (Fsp3) is 0.156. The maximum atomic E-state index is 13.5. The average Bonchev–Trinajstić information content (AvgIpc) is 2.98. The van der Waals surface area contributed by atoms with Crippen molar-refractivity contribution in [2.45, 2.75) is 6.54 Å². The molecule has 0 spiro atoms. The third-order valence-electron chi connectivity index (χ3n) is 6.03. The zero-order valence-electron chi connectivity index (χ0n) is 21.8. The largest absolute Gasteiger partial charge is 0.497 e. The van der Waals surface area contributed by atoms with E-state index in [1.165, 1.54) is 0 Å². The monoisotopic (exact) mass is 509 g/mol. The molecule has 4 aromatic carbocycles. The molecule has 0 aliphatic rings. The number of anilines is 1. The Kier molecular flexibility index (Phi) is 9.03. The van der Waals surface area contributed by atoms with E-state index in [1.54, 1.807) is 26.2 Å². The van der Waals surface area contributed by atoms with Crippen LogP contribution in [0.4, 0.5) is 5.69 Å². The summed E-state index contributed by atoms with van der Waals surface area (Å²) in [5, 5.41) is 0. The van der Waals surface area contributed by atoms with E-state index in [1.807, 2.05) is 109 Å². The lowest BCUT2D eigenvalue weighted by molar-refractivity contribution is -0.120. The van der Waals surface area contributed by atoms with Crippen molar-refractivity contribution in [3.8, 4) is 23.0 Å². The lowest BCUT2D eigenvalue weighted by Crippen LogP contribution is -2.35. The normalized spacial score (nSPS) is 10.7. The van der Waals surface area contributed by atoms with E-state index in [-0.39, 0.29) is 19.1 Å². The van der Waals surface area contributed by atoms with Gasteiger partial charge in [-0.1, -0.05) is 60.7 Å². The molecule has 4 rings (SSSR count). The van der Waals surface area contributed by atoms with Gasteiger partial charge >= 0.3 is 0 Å². The zero-order chi connectivity index (χ0) is 26.7. The molecule has 0 N–H and O–H groups in total. The highest BCUT2D eigenvalue weighted by atomic mass is 16.5. The van der Waals surface area contributed by atoms with Crippen molar-refractivity contribution in [3.63, 3.8) is 0 Å². The molecule has 38 heavy (non-hydrogen) atoms. The van der Waals surface area contributed by atoms with Crippen LogP contribution in [0.25, 0.3) is 12.2 Å². The van der Waals surface area contributed by atoms with Crippen LogP contribution in [-0.4, -0.2) is 33.8 Å². The van der Waals surface area contributed by atoms with Gasteiger partial charge < -0.3 is 23.8 Å². The molecule has 6 nitrogen and oxygen atoms in total. The van der Waals surface area contributed by atoms with Gasteiger partial charge in [-0.25, -0.2) is 0 Å². The van der Waals surface area contributed by atoms with E-state index in [2.05, 4.69) is 0 Å². The SMILES string of the molecule is COc1ccc(C=Cc2cc(OC)cc(OC)c2CN(C(=O)COc2ccccc2)c2ccccc2)cc1. The van der Waals surface area contributed by atoms with Gasteiger partial charge in [0.1, 0.15) is 23.0 Å². The molecule has 0 bridgehead atoms. The minimum absolute atomic E-state index is 0.103. The molecule has 1 amide bonds. The van der Waals surface area contributed by atoms with Crippen LogP contribution in [-0.2, 0) is 11.3 Å². The summed E-state index contributed by atoms with van der Waals surface area (Å²) in [5.74, 6) is 2.53. The van der Waals surface area contributed by atoms with Crippen LogP contribution >= 0.6 is 0 Å². The van der Waals surface area contributed by atoms with Crippen molar-refractivity contribution < 1.29 is 23.7 Å². The molecule has 0 aromatic heterocycles. The van der Waals surface area contributed by atoms with E-state index in [0.29, 0.717) is 17.2 Å². The number of para-hydroxylation sites is 2. The Bertz CT molecular complexity index is 1350. The van der Waals surface area contributed by atoms with Gasteiger partial charge in [0, 0.05) is 17.3 Å². The minimum Gasteiger partial charge on any atom is -0.497 e. The number of carbonyl (C=O) groups is 1. The van der Waals surface area contributed by atoms with Crippen LogP contribution in [0.3, 0.4) is 0 Å². The van der Waals surface area contributed by atoms with E-state index in [0.717, 1.165) is 28.1 Å². The van der Waals surface area contributed by atoms with Gasteiger partial charge in [0.25, 0.3) is 5.91 Å². The van der Waals surface area contributed by atoms with E-state index < -0.39 is 0 Å². The molecular formula is C32H31NO5. The summed E-state index contributed by atoms with van der Waals surface area (Å²) in [4.78, 5) is 15.2. The first-order valence-corrected chi connectivity index (χ1v) is 12.2. The molecule has 0 saturated carbocycles. The Hall–Kier alpha value is -4.71. The molecular weight excluding hydrogens is 478 g/mol. The summed E-state index contributed by atoms with van der Waals surface area (Å²) in [6, 6.07) is 30.4. The first-order valence-electron chi connectivity index (χ1n) is 12.2. The number of hydrogen-bond acceptors (Lipinski definition) is 5. The maximum Gasteiger partial charge on any atom is 0.265 e. The highest BCUT2D eigenvalue weighted by molar-refractivity contribution is 5.94. The number of rotatable bonds is 11. The molecule has 0 aliphatic carbocycles. The summed E-state index contributed by atoms with van der Waals surface area (Å²) in [5.41, 5.74) is 3.48. The predicted octanol–water partition coefficient (Wildman–Crippen LogP) is 6.50. The minimum atomic E-state index is -0.178. The summed E-state index contributed by atoms with van der Waals surface area (Å²) in [6.45, 7) is 0.171. The number of benzene rings is 4. The van der Waals surface area contributed by atoms with Crippen LogP contribution in [0.5, 0.6) is 23.0 Å². The standard InChI is InChI=1S/C32H31NO5/c1-35-27-18-15-24(16-19-27)14-17-25-20-29(36-2)21-31(37-3)30(25)22-33(26-10-6-4-7-11-26)32(34)23-38-28-12-8-5-9-13-28/h4-21H,22-23H2,1-3H3. The third kappa shape index (κ3) is 6.73. The van der Waals surface area contributed by atoms with Gasteiger partial charge in [0.05, 0.1) is 27.9 Å². The number of hydrogen-bond donors (Lipinski definition) is 0. The van der Waals surface area contributed by atoms with Crippen LogP contribution < -0.4 is 23.8 Å². The van der Waals surface area contributed by atoms with Crippen molar-refractivity contribution in [2.24, 2.45) is 0 Å². The van der Waals surface area contributed by atoms with Crippen LogP contribution in [0.1, 0.15) is 16.7 Å². The Balaban J connectivity index is 1.68. The lowest BCUT2D eigenvalue weighted by Gasteiger charge is -2.25. The third-order valence-corrected chi connectivity index (χ3v) is 6.03. The molecule has 0 heterocycles. The van der Waals surface area contributed by atoms with Gasteiger partial charge in [0.15, 0.2) is 6.61 Å². The lowest BCUT2D eigenvalue weighted by atomic mass is 10.0. The number of ether oxygens (including phenoxy) is 4.